The van der Waals surface area contributed by atoms with Crippen LogP contribution in [0.15, 0.2) is 95.5 Å². The summed E-state index contributed by atoms with van der Waals surface area (Å²) in [6, 6.07) is 8.45. The molecule has 1 aliphatic heterocycles. The van der Waals surface area contributed by atoms with Crippen LogP contribution in [0.5, 0.6) is 0 Å². The highest BCUT2D eigenvalue weighted by Crippen LogP contribution is 2.37. The fourth-order valence-electron chi connectivity index (χ4n) is 3.70. The maximum absolute atomic E-state index is 11.2. The monoisotopic (exact) mass is 447 g/mol. The second-order valence-corrected chi connectivity index (χ2v) is 8.12. The van der Waals surface area contributed by atoms with Gasteiger partial charge in [0.25, 0.3) is 0 Å². The molecule has 1 aromatic carbocycles. The van der Waals surface area contributed by atoms with E-state index in [-0.39, 0.29) is 0 Å². The fraction of sp³-hybridized carbons (Fsp3) is 0.276. The largest absolute Gasteiger partial charge is 0.308 e. The van der Waals surface area contributed by atoms with Crippen LogP contribution in [-0.2, 0) is 4.79 Å². The predicted molar refractivity (Wildman–Crippen MR) is 140 cm³/mol. The summed E-state index contributed by atoms with van der Waals surface area (Å²) in [4.78, 5) is 13.0. The first-order chi connectivity index (χ1) is 15.5. The summed E-state index contributed by atoms with van der Waals surface area (Å²) in [5.41, 5.74) is 7.05. The molecule has 0 radical (unpaired) electrons. The second-order valence-electron chi connectivity index (χ2n) is 7.76. The maximum atomic E-state index is 11.2. The molecule has 1 aromatic rings. The van der Waals surface area contributed by atoms with Crippen LogP contribution in [0.4, 0.5) is 0 Å². The Balaban J connectivity index is 2.70. The summed E-state index contributed by atoms with van der Waals surface area (Å²) < 4.78 is 0. The van der Waals surface area contributed by atoms with Crippen molar-refractivity contribution in [3.05, 3.63) is 107 Å². The smallest absolute Gasteiger partial charge is 0.150 e. The van der Waals surface area contributed by atoms with E-state index < -0.39 is 0 Å². The van der Waals surface area contributed by atoms with E-state index in [1.807, 2.05) is 24.1 Å². The predicted octanol–water partition coefficient (Wildman–Crippen LogP) is 8.57. The summed E-state index contributed by atoms with van der Waals surface area (Å²) in [7, 11) is 0. The van der Waals surface area contributed by atoms with E-state index in [0.717, 1.165) is 48.7 Å². The van der Waals surface area contributed by atoms with Gasteiger partial charge in [-0.15, -0.1) is 0 Å². The van der Waals surface area contributed by atoms with Crippen molar-refractivity contribution in [2.45, 2.75) is 53.4 Å². The molecule has 0 amide bonds. The van der Waals surface area contributed by atoms with Crippen molar-refractivity contribution in [1.29, 1.82) is 0 Å². The third-order valence-corrected chi connectivity index (χ3v) is 5.78. The van der Waals surface area contributed by atoms with Crippen LogP contribution in [0.2, 0.25) is 0 Å². The molecule has 2 nitrogen and oxygen atoms in total. The van der Waals surface area contributed by atoms with Gasteiger partial charge in [-0.1, -0.05) is 87.0 Å². The van der Waals surface area contributed by atoms with E-state index in [1.54, 1.807) is 12.2 Å². The average molecular weight is 448 g/mol. The van der Waals surface area contributed by atoms with Gasteiger partial charge in [0.15, 0.2) is 0 Å². The molecule has 0 saturated carbocycles. The Morgan fingerprint density at radius 3 is 2.50 bits per heavy atom. The minimum atomic E-state index is 0.586. The van der Waals surface area contributed by atoms with Crippen molar-refractivity contribution in [2.24, 2.45) is 0 Å². The molecule has 3 heteroatoms. The summed E-state index contributed by atoms with van der Waals surface area (Å²) in [5.74, 6) is 0. The number of benzene rings is 1. The number of carbonyl (C=O) groups excluding carboxylic acids is 1. The first-order valence-electron chi connectivity index (χ1n) is 11.3. The Morgan fingerprint density at radius 1 is 1.19 bits per heavy atom. The molecular weight excluding hydrogens is 414 g/mol. The molecule has 0 N–H and O–H groups in total. The minimum absolute atomic E-state index is 0.586. The number of rotatable bonds is 10. The first kappa shape index (κ1) is 25.4. The number of hydrogen-bond acceptors (Lipinski definition) is 2. The number of allylic oxidation sites excluding steroid dienone is 10. The molecule has 32 heavy (non-hydrogen) atoms. The summed E-state index contributed by atoms with van der Waals surface area (Å²) >= 11 is 7.03. The summed E-state index contributed by atoms with van der Waals surface area (Å²) in [5, 5.41) is 0.621. The maximum Gasteiger partial charge on any atom is 0.150 e. The highest BCUT2D eigenvalue weighted by molar-refractivity contribution is 6.32. The molecule has 168 valence electrons. The van der Waals surface area contributed by atoms with E-state index >= 15 is 0 Å². The SMILES string of the molecule is C=C1C=C(C=O)C=CN1/C(Cl)=C(\CCCC)c1ccccc1C(=C/C=CC)/C(C)=C\CC. The number of nitrogens with zero attached hydrogens (tertiary/aromatic N) is 1. The Bertz CT molecular complexity index is 1020. The van der Waals surface area contributed by atoms with Crippen molar-refractivity contribution >= 4 is 29.0 Å². The van der Waals surface area contributed by atoms with Crippen molar-refractivity contribution in [2.75, 3.05) is 0 Å². The van der Waals surface area contributed by atoms with Gasteiger partial charge in [0.1, 0.15) is 11.4 Å². The quantitative estimate of drug-likeness (QED) is 0.203. The molecular formula is C29H34ClNO. The van der Waals surface area contributed by atoms with Crippen LogP contribution in [0.25, 0.3) is 11.1 Å². The molecule has 0 fully saturated rings. The van der Waals surface area contributed by atoms with Gasteiger partial charge in [0.2, 0.25) is 0 Å². The van der Waals surface area contributed by atoms with Gasteiger partial charge in [-0.05, 0) is 73.1 Å². The number of aldehydes is 1. The van der Waals surface area contributed by atoms with Gasteiger partial charge in [-0.2, -0.15) is 0 Å². The molecule has 0 aliphatic carbocycles. The second kappa shape index (κ2) is 12.9. The van der Waals surface area contributed by atoms with Crippen LogP contribution < -0.4 is 0 Å². The molecule has 0 aromatic heterocycles. The van der Waals surface area contributed by atoms with Gasteiger partial charge >= 0.3 is 0 Å². The third kappa shape index (κ3) is 6.34. The van der Waals surface area contributed by atoms with Gasteiger partial charge in [-0.3, -0.25) is 4.79 Å². The summed E-state index contributed by atoms with van der Waals surface area (Å²) in [6.45, 7) is 12.6. The van der Waals surface area contributed by atoms with Crippen molar-refractivity contribution in [3.8, 4) is 0 Å². The molecule has 0 spiro atoms. The van der Waals surface area contributed by atoms with E-state index in [2.05, 4.69) is 69.8 Å². The first-order valence-corrected chi connectivity index (χ1v) is 11.7. The van der Waals surface area contributed by atoms with Gasteiger partial charge in [0, 0.05) is 17.5 Å². The highest BCUT2D eigenvalue weighted by Gasteiger charge is 2.20. The Labute approximate surface area is 198 Å². The molecule has 0 atom stereocenters. The lowest BCUT2D eigenvalue weighted by Gasteiger charge is -2.27. The standard InChI is InChI=1S/C29H34ClNO/c1-6-9-14-25(22(4)13-8-3)26-16-11-12-17-27(26)28(15-10-7-2)29(30)31-19-18-24(21-32)20-23(31)5/h6,9,11-14,16-21H,5,7-8,10,15H2,1-4H3/b9-6?,22-13-,25-14+,29-28+. The van der Waals surface area contributed by atoms with Crippen LogP contribution in [0.1, 0.15) is 64.5 Å². The summed E-state index contributed by atoms with van der Waals surface area (Å²) in [6.07, 6.45) is 18.6. The Kier molecular flexibility index (Phi) is 10.2. The van der Waals surface area contributed by atoms with Crippen LogP contribution in [-0.4, -0.2) is 11.2 Å². The van der Waals surface area contributed by atoms with Crippen LogP contribution in [0.3, 0.4) is 0 Å². The highest BCUT2D eigenvalue weighted by atomic mass is 35.5. The lowest BCUT2D eigenvalue weighted by Crippen LogP contribution is -2.16. The van der Waals surface area contributed by atoms with E-state index in [9.17, 15) is 4.79 Å². The minimum Gasteiger partial charge on any atom is -0.308 e. The molecule has 1 heterocycles. The van der Waals surface area contributed by atoms with Crippen molar-refractivity contribution < 1.29 is 4.79 Å². The van der Waals surface area contributed by atoms with Gasteiger partial charge < -0.3 is 4.90 Å². The number of halogens is 1. The zero-order valence-electron chi connectivity index (χ0n) is 19.7. The van der Waals surface area contributed by atoms with Gasteiger partial charge in [0.05, 0.1) is 0 Å². The topological polar surface area (TPSA) is 20.3 Å². The Morgan fingerprint density at radius 2 is 1.91 bits per heavy atom. The van der Waals surface area contributed by atoms with Crippen LogP contribution in [0, 0.1) is 0 Å². The van der Waals surface area contributed by atoms with Gasteiger partial charge in [-0.25, -0.2) is 0 Å². The fourth-order valence-corrected chi connectivity index (χ4v) is 4.06. The lowest BCUT2D eigenvalue weighted by molar-refractivity contribution is -0.104. The lowest BCUT2D eigenvalue weighted by atomic mass is 9.88. The molecule has 0 unspecified atom stereocenters. The molecule has 0 saturated heterocycles. The molecule has 0 bridgehead atoms. The van der Waals surface area contributed by atoms with Crippen LogP contribution >= 0.6 is 11.6 Å². The average Bonchev–Trinajstić information content (AvgIpc) is 2.80. The molecule has 2 rings (SSSR count). The van der Waals surface area contributed by atoms with E-state index in [0.29, 0.717) is 16.4 Å². The third-order valence-electron chi connectivity index (χ3n) is 5.37. The van der Waals surface area contributed by atoms with E-state index in [1.165, 1.54) is 11.1 Å². The van der Waals surface area contributed by atoms with E-state index in [4.69, 9.17) is 11.6 Å². The zero-order chi connectivity index (χ0) is 23.5. The normalized spacial score (nSPS) is 15.8. The molecule has 1 aliphatic rings. The Hall–Kier alpha value is -2.84. The zero-order valence-corrected chi connectivity index (χ0v) is 20.5. The number of unbranched alkanes of at least 4 members (excludes halogenated alkanes) is 1. The van der Waals surface area contributed by atoms with Crippen molar-refractivity contribution in [1.82, 2.24) is 4.90 Å². The number of hydrogen-bond donors (Lipinski definition) is 0. The number of carbonyl (C=O) groups is 1. The van der Waals surface area contributed by atoms with Crippen molar-refractivity contribution in [3.63, 3.8) is 0 Å².